The van der Waals surface area contributed by atoms with Gasteiger partial charge in [0.25, 0.3) is 0 Å². The van der Waals surface area contributed by atoms with Crippen LogP contribution in [0.25, 0.3) is 0 Å². The fourth-order valence-electron chi connectivity index (χ4n) is 1.64. The zero-order valence-electron chi connectivity index (χ0n) is 7.92. The van der Waals surface area contributed by atoms with Crippen molar-refractivity contribution < 1.29 is 5.11 Å². The summed E-state index contributed by atoms with van der Waals surface area (Å²) in [6.07, 6.45) is 1.26. The van der Waals surface area contributed by atoms with Crippen molar-refractivity contribution in [1.82, 2.24) is 5.32 Å². The van der Waals surface area contributed by atoms with Crippen molar-refractivity contribution in [2.24, 2.45) is 5.92 Å². The van der Waals surface area contributed by atoms with Gasteiger partial charge in [-0.15, -0.1) is 0 Å². The van der Waals surface area contributed by atoms with Gasteiger partial charge in [-0.1, -0.05) is 13.8 Å². The zero-order chi connectivity index (χ0) is 8.97. The lowest BCUT2D eigenvalue weighted by Crippen LogP contribution is -2.43. The van der Waals surface area contributed by atoms with E-state index in [1.165, 1.54) is 17.9 Å². The Labute approximate surface area is 79.1 Å². The van der Waals surface area contributed by atoms with Gasteiger partial charge in [0.15, 0.2) is 0 Å². The molecule has 0 aromatic rings. The first kappa shape index (κ1) is 10.4. The highest BCUT2D eigenvalue weighted by atomic mass is 32.2. The van der Waals surface area contributed by atoms with Crippen molar-refractivity contribution in [2.45, 2.75) is 32.4 Å². The molecule has 0 spiro atoms. The van der Waals surface area contributed by atoms with E-state index >= 15 is 0 Å². The quantitative estimate of drug-likeness (QED) is 0.694. The minimum atomic E-state index is 0.281. The summed E-state index contributed by atoms with van der Waals surface area (Å²) in [6, 6.07) is 0.799. The van der Waals surface area contributed by atoms with E-state index in [9.17, 15) is 0 Å². The van der Waals surface area contributed by atoms with Crippen molar-refractivity contribution in [3.05, 3.63) is 0 Å². The second kappa shape index (κ2) is 5.10. The molecule has 0 aromatic heterocycles. The van der Waals surface area contributed by atoms with Crippen molar-refractivity contribution in [1.29, 1.82) is 0 Å². The summed E-state index contributed by atoms with van der Waals surface area (Å²) in [4.78, 5) is 0. The van der Waals surface area contributed by atoms with Gasteiger partial charge in [0.1, 0.15) is 0 Å². The first-order valence-electron chi connectivity index (χ1n) is 4.68. The number of aliphatic hydroxyl groups excluding tert-OH is 1. The number of hydrogen-bond acceptors (Lipinski definition) is 3. The molecule has 1 aliphatic rings. The first-order valence-corrected chi connectivity index (χ1v) is 5.84. The number of rotatable bonds is 4. The van der Waals surface area contributed by atoms with E-state index in [1.807, 2.05) is 11.8 Å². The fourth-order valence-corrected chi connectivity index (χ4v) is 2.97. The van der Waals surface area contributed by atoms with Crippen LogP contribution in [0.4, 0.5) is 0 Å². The Balaban J connectivity index is 2.32. The number of nitrogens with one attached hydrogen (secondary N) is 1. The van der Waals surface area contributed by atoms with Crippen LogP contribution in [-0.4, -0.2) is 35.3 Å². The van der Waals surface area contributed by atoms with Crippen molar-refractivity contribution >= 4 is 11.8 Å². The molecule has 0 bridgehead atoms. The van der Waals surface area contributed by atoms with Crippen molar-refractivity contribution in [2.75, 3.05) is 18.1 Å². The molecule has 0 amide bonds. The summed E-state index contributed by atoms with van der Waals surface area (Å²) < 4.78 is 0. The zero-order valence-corrected chi connectivity index (χ0v) is 8.73. The van der Waals surface area contributed by atoms with Gasteiger partial charge in [-0.3, -0.25) is 0 Å². The maximum atomic E-state index is 9.16. The number of aliphatic hydroxyl groups is 1. The minimum Gasteiger partial charge on any atom is -0.395 e. The summed E-state index contributed by atoms with van der Waals surface area (Å²) in [5.41, 5.74) is 0. The smallest absolute Gasteiger partial charge is 0.0587 e. The van der Waals surface area contributed by atoms with Gasteiger partial charge in [0.2, 0.25) is 0 Å². The average Bonchev–Trinajstić information content (AvgIpc) is 2.51. The predicted molar refractivity (Wildman–Crippen MR) is 54.6 cm³/mol. The molecule has 0 aromatic carbocycles. The molecule has 2 N–H and O–H groups in total. The molecule has 2 atom stereocenters. The molecule has 0 aliphatic carbocycles. The van der Waals surface area contributed by atoms with E-state index in [1.54, 1.807) is 0 Å². The second-order valence-electron chi connectivity index (χ2n) is 3.73. The summed E-state index contributed by atoms with van der Waals surface area (Å²) in [5.74, 6) is 3.16. The molecular weight excluding hydrogens is 170 g/mol. The van der Waals surface area contributed by atoms with Crippen molar-refractivity contribution in [3.63, 3.8) is 0 Å². The molecule has 1 fully saturated rings. The molecule has 0 saturated carbocycles. The molecule has 1 aliphatic heterocycles. The highest BCUT2D eigenvalue weighted by molar-refractivity contribution is 7.99. The van der Waals surface area contributed by atoms with E-state index in [0.717, 1.165) is 0 Å². The molecule has 2 nitrogen and oxygen atoms in total. The van der Waals surface area contributed by atoms with Crippen LogP contribution in [0, 0.1) is 5.92 Å². The monoisotopic (exact) mass is 189 g/mol. The van der Waals surface area contributed by atoms with Crippen LogP contribution in [0.3, 0.4) is 0 Å². The minimum absolute atomic E-state index is 0.281. The summed E-state index contributed by atoms with van der Waals surface area (Å²) in [7, 11) is 0. The van der Waals surface area contributed by atoms with Crippen LogP contribution in [0.2, 0.25) is 0 Å². The van der Waals surface area contributed by atoms with Gasteiger partial charge < -0.3 is 10.4 Å². The molecule has 1 rings (SSSR count). The molecule has 1 heterocycles. The summed E-state index contributed by atoms with van der Waals surface area (Å²) >= 11 is 2.00. The Kier molecular flexibility index (Phi) is 4.40. The standard InChI is InChI=1S/C9H19NOS/c1-7(2)10-9(5-11)8-3-4-12-6-8/h7-11H,3-6H2,1-2H3. The Hall–Kier alpha value is 0.270. The van der Waals surface area contributed by atoms with E-state index in [0.29, 0.717) is 18.0 Å². The van der Waals surface area contributed by atoms with E-state index < -0.39 is 0 Å². The van der Waals surface area contributed by atoms with Crippen LogP contribution in [0.5, 0.6) is 0 Å². The molecule has 1 saturated heterocycles. The van der Waals surface area contributed by atoms with Gasteiger partial charge in [0.05, 0.1) is 6.61 Å². The number of hydrogen-bond donors (Lipinski definition) is 2. The lowest BCUT2D eigenvalue weighted by molar-refractivity contribution is 0.199. The van der Waals surface area contributed by atoms with Gasteiger partial charge in [-0.25, -0.2) is 0 Å². The van der Waals surface area contributed by atoms with Gasteiger partial charge in [0, 0.05) is 12.1 Å². The molecule has 3 heteroatoms. The largest absolute Gasteiger partial charge is 0.395 e. The lowest BCUT2D eigenvalue weighted by Gasteiger charge is -2.24. The third kappa shape index (κ3) is 2.96. The maximum absolute atomic E-state index is 9.16. The van der Waals surface area contributed by atoms with E-state index in [4.69, 9.17) is 5.11 Å². The average molecular weight is 189 g/mol. The van der Waals surface area contributed by atoms with Gasteiger partial charge >= 0.3 is 0 Å². The van der Waals surface area contributed by atoms with E-state index in [2.05, 4.69) is 19.2 Å². The fraction of sp³-hybridized carbons (Fsp3) is 1.00. The van der Waals surface area contributed by atoms with Crippen molar-refractivity contribution in [3.8, 4) is 0 Å². The molecule has 12 heavy (non-hydrogen) atoms. The summed E-state index contributed by atoms with van der Waals surface area (Å²) in [6.45, 7) is 4.54. The molecule has 72 valence electrons. The molecule has 0 radical (unpaired) electrons. The van der Waals surface area contributed by atoms with Gasteiger partial charge in [-0.05, 0) is 23.8 Å². The highest BCUT2D eigenvalue weighted by Gasteiger charge is 2.24. The van der Waals surface area contributed by atoms with Crippen LogP contribution >= 0.6 is 11.8 Å². The number of thioether (sulfide) groups is 1. The highest BCUT2D eigenvalue weighted by Crippen LogP contribution is 2.26. The SMILES string of the molecule is CC(C)NC(CO)C1CCSC1. The lowest BCUT2D eigenvalue weighted by atomic mass is 9.99. The first-order chi connectivity index (χ1) is 5.74. The van der Waals surface area contributed by atoms with Crippen LogP contribution in [0.1, 0.15) is 20.3 Å². The Bertz CT molecular complexity index is 124. The van der Waals surface area contributed by atoms with Crippen LogP contribution in [0.15, 0.2) is 0 Å². The normalized spacial score (nSPS) is 26.5. The third-order valence-corrected chi connectivity index (χ3v) is 3.47. The van der Waals surface area contributed by atoms with E-state index in [-0.39, 0.29) is 6.61 Å². The Morgan fingerprint density at radius 1 is 1.58 bits per heavy atom. The Morgan fingerprint density at radius 2 is 2.33 bits per heavy atom. The topological polar surface area (TPSA) is 32.3 Å². The maximum Gasteiger partial charge on any atom is 0.0587 e. The van der Waals surface area contributed by atoms with Crippen LogP contribution < -0.4 is 5.32 Å². The van der Waals surface area contributed by atoms with Gasteiger partial charge in [-0.2, -0.15) is 11.8 Å². The molecular formula is C9H19NOS. The third-order valence-electron chi connectivity index (χ3n) is 2.28. The predicted octanol–water partition coefficient (Wildman–Crippen LogP) is 1.10. The van der Waals surface area contributed by atoms with Crippen LogP contribution in [-0.2, 0) is 0 Å². The second-order valence-corrected chi connectivity index (χ2v) is 4.88. The molecule has 2 unspecified atom stereocenters. The Morgan fingerprint density at radius 3 is 2.75 bits per heavy atom. The summed E-state index contributed by atoms with van der Waals surface area (Å²) in [5, 5.41) is 12.6.